The number of hydrogen-bond donors (Lipinski definition) is 2. The van der Waals surface area contributed by atoms with Gasteiger partial charge in [-0.2, -0.15) is 0 Å². The van der Waals surface area contributed by atoms with Crippen molar-refractivity contribution in [1.82, 2.24) is 0 Å². The summed E-state index contributed by atoms with van der Waals surface area (Å²) < 4.78 is 5.12. The van der Waals surface area contributed by atoms with Crippen molar-refractivity contribution >= 4 is 17.1 Å². The molecule has 6 heteroatoms. The molecule has 18 heavy (non-hydrogen) atoms. The molecule has 0 amide bonds. The second-order valence-electron chi connectivity index (χ2n) is 4.52. The summed E-state index contributed by atoms with van der Waals surface area (Å²) in [5.41, 5.74) is 6.63. The Kier molecular flexibility index (Phi) is 4.91. The Morgan fingerprint density at radius 1 is 1.44 bits per heavy atom. The summed E-state index contributed by atoms with van der Waals surface area (Å²) in [5, 5.41) is 14.0. The lowest BCUT2D eigenvalue weighted by Gasteiger charge is -2.22. The fraction of sp³-hybridized carbons (Fsp3) is 0.500. The Labute approximate surface area is 106 Å². The normalized spacial score (nSPS) is 12.4. The minimum atomic E-state index is -0.456. The fourth-order valence-corrected chi connectivity index (χ4v) is 1.62. The van der Waals surface area contributed by atoms with Crippen LogP contribution in [0, 0.1) is 16.0 Å². The highest BCUT2D eigenvalue weighted by molar-refractivity contribution is 5.61. The number of nitrogens with one attached hydrogen (secondary N) is 1. The smallest absolute Gasteiger partial charge is 0.273 e. The lowest BCUT2D eigenvalue weighted by Crippen LogP contribution is -2.30. The molecular weight excluding hydrogens is 234 g/mol. The first-order valence-electron chi connectivity index (χ1n) is 5.74. The van der Waals surface area contributed by atoms with Crippen LogP contribution in [-0.2, 0) is 4.74 Å². The molecule has 0 spiro atoms. The highest BCUT2D eigenvalue weighted by Crippen LogP contribution is 2.23. The van der Waals surface area contributed by atoms with E-state index in [1.54, 1.807) is 13.2 Å². The van der Waals surface area contributed by atoms with Crippen molar-refractivity contribution in [2.45, 2.75) is 19.9 Å². The van der Waals surface area contributed by atoms with Gasteiger partial charge in [-0.25, -0.2) is 0 Å². The number of nitrogens with zero attached hydrogens (tertiary/aromatic N) is 1. The quantitative estimate of drug-likeness (QED) is 0.461. The van der Waals surface area contributed by atoms with Crippen LogP contribution >= 0.6 is 0 Å². The SMILES string of the molecule is COCC(Nc1cc(N)cc([N+](=O)[O-])c1)C(C)C. The number of nitrogens with two attached hydrogens (primary N) is 1. The monoisotopic (exact) mass is 253 g/mol. The first-order valence-corrected chi connectivity index (χ1v) is 5.74. The van der Waals surface area contributed by atoms with Gasteiger partial charge in [0.1, 0.15) is 0 Å². The summed E-state index contributed by atoms with van der Waals surface area (Å²) in [6, 6.07) is 4.57. The molecule has 6 nitrogen and oxygen atoms in total. The number of non-ortho nitro benzene ring substituents is 1. The van der Waals surface area contributed by atoms with Crippen LogP contribution < -0.4 is 11.1 Å². The van der Waals surface area contributed by atoms with Gasteiger partial charge in [0, 0.05) is 30.6 Å². The van der Waals surface area contributed by atoms with Crippen molar-refractivity contribution in [3.63, 3.8) is 0 Å². The Bertz CT molecular complexity index is 421. The van der Waals surface area contributed by atoms with Gasteiger partial charge in [-0.05, 0) is 12.0 Å². The molecule has 0 saturated heterocycles. The molecule has 1 unspecified atom stereocenters. The van der Waals surface area contributed by atoms with Crippen LogP contribution in [0.5, 0.6) is 0 Å². The first kappa shape index (κ1) is 14.2. The Morgan fingerprint density at radius 3 is 2.61 bits per heavy atom. The molecule has 1 aromatic carbocycles. The summed E-state index contributed by atoms with van der Waals surface area (Å²) in [5.74, 6) is 0.338. The summed E-state index contributed by atoms with van der Waals surface area (Å²) in [6.45, 7) is 4.63. The third kappa shape index (κ3) is 3.89. The average molecular weight is 253 g/mol. The fourth-order valence-electron chi connectivity index (χ4n) is 1.62. The van der Waals surface area contributed by atoms with Crippen molar-refractivity contribution in [1.29, 1.82) is 0 Å². The summed E-state index contributed by atoms with van der Waals surface area (Å²) in [4.78, 5) is 10.3. The summed E-state index contributed by atoms with van der Waals surface area (Å²) in [7, 11) is 1.62. The van der Waals surface area contributed by atoms with Crippen LogP contribution in [0.1, 0.15) is 13.8 Å². The molecule has 0 fully saturated rings. The standard InChI is InChI=1S/C12H19N3O3/c1-8(2)12(7-18-3)14-10-4-9(13)5-11(6-10)15(16)17/h4-6,8,12,14H,7,13H2,1-3H3. The zero-order valence-corrected chi connectivity index (χ0v) is 10.8. The number of benzene rings is 1. The number of hydrogen-bond acceptors (Lipinski definition) is 5. The highest BCUT2D eigenvalue weighted by Gasteiger charge is 2.15. The number of nitro groups is 1. The van der Waals surface area contributed by atoms with Gasteiger partial charge in [0.2, 0.25) is 0 Å². The van der Waals surface area contributed by atoms with E-state index in [9.17, 15) is 10.1 Å². The van der Waals surface area contributed by atoms with E-state index < -0.39 is 4.92 Å². The van der Waals surface area contributed by atoms with Gasteiger partial charge >= 0.3 is 0 Å². The molecule has 0 radical (unpaired) electrons. The molecule has 0 aliphatic rings. The number of ether oxygens (including phenoxy) is 1. The van der Waals surface area contributed by atoms with Crippen LogP contribution in [0.2, 0.25) is 0 Å². The first-order chi connectivity index (χ1) is 8.43. The van der Waals surface area contributed by atoms with E-state index >= 15 is 0 Å². The van der Waals surface area contributed by atoms with Gasteiger partial charge in [0.05, 0.1) is 17.6 Å². The lowest BCUT2D eigenvalue weighted by atomic mass is 10.0. The van der Waals surface area contributed by atoms with Gasteiger partial charge in [-0.15, -0.1) is 0 Å². The van der Waals surface area contributed by atoms with Crippen LogP contribution in [0.3, 0.4) is 0 Å². The molecule has 3 N–H and O–H groups in total. The second kappa shape index (κ2) is 6.20. The largest absolute Gasteiger partial charge is 0.398 e. The third-order valence-corrected chi connectivity index (χ3v) is 2.65. The predicted molar refractivity (Wildman–Crippen MR) is 71.6 cm³/mol. The number of rotatable bonds is 6. The molecule has 1 aromatic rings. The van der Waals surface area contributed by atoms with E-state index in [1.807, 2.05) is 0 Å². The van der Waals surface area contributed by atoms with Gasteiger partial charge in [0.25, 0.3) is 5.69 Å². The maximum absolute atomic E-state index is 10.7. The van der Waals surface area contributed by atoms with E-state index in [2.05, 4.69) is 19.2 Å². The Balaban J connectivity index is 2.91. The van der Waals surface area contributed by atoms with Crippen LogP contribution in [0.25, 0.3) is 0 Å². The van der Waals surface area contributed by atoms with Crippen molar-refractivity contribution in [3.8, 4) is 0 Å². The maximum atomic E-state index is 10.7. The van der Waals surface area contributed by atoms with Gasteiger partial charge in [0.15, 0.2) is 0 Å². The molecule has 0 aliphatic carbocycles. The zero-order chi connectivity index (χ0) is 13.7. The van der Waals surface area contributed by atoms with Crippen LogP contribution in [0.4, 0.5) is 17.1 Å². The van der Waals surface area contributed by atoms with E-state index in [0.717, 1.165) is 0 Å². The molecule has 1 atom stereocenters. The molecule has 0 saturated carbocycles. The summed E-state index contributed by atoms with van der Waals surface area (Å²) >= 11 is 0. The number of nitro benzene ring substituents is 1. The van der Waals surface area contributed by atoms with Crippen LogP contribution in [0.15, 0.2) is 18.2 Å². The van der Waals surface area contributed by atoms with E-state index in [0.29, 0.717) is 23.9 Å². The number of methoxy groups -OCH3 is 1. The average Bonchev–Trinajstić information content (AvgIpc) is 2.27. The lowest BCUT2D eigenvalue weighted by molar-refractivity contribution is -0.384. The Morgan fingerprint density at radius 2 is 2.11 bits per heavy atom. The molecular formula is C12H19N3O3. The van der Waals surface area contributed by atoms with Crippen molar-refractivity contribution < 1.29 is 9.66 Å². The summed E-state index contributed by atoms with van der Waals surface area (Å²) in [6.07, 6.45) is 0. The van der Waals surface area contributed by atoms with E-state index in [-0.39, 0.29) is 11.7 Å². The molecule has 0 aromatic heterocycles. The minimum Gasteiger partial charge on any atom is -0.398 e. The van der Waals surface area contributed by atoms with Crippen molar-refractivity contribution in [3.05, 3.63) is 28.3 Å². The molecule has 0 heterocycles. The number of nitrogen functional groups attached to an aromatic ring is 1. The van der Waals surface area contributed by atoms with Crippen molar-refractivity contribution in [2.24, 2.45) is 5.92 Å². The molecule has 100 valence electrons. The predicted octanol–water partition coefficient (Wildman–Crippen LogP) is 2.26. The zero-order valence-electron chi connectivity index (χ0n) is 10.8. The third-order valence-electron chi connectivity index (χ3n) is 2.65. The molecule has 1 rings (SSSR count). The number of anilines is 2. The van der Waals surface area contributed by atoms with E-state index in [4.69, 9.17) is 10.5 Å². The van der Waals surface area contributed by atoms with Gasteiger partial charge < -0.3 is 15.8 Å². The second-order valence-corrected chi connectivity index (χ2v) is 4.52. The van der Waals surface area contributed by atoms with Crippen molar-refractivity contribution in [2.75, 3.05) is 24.8 Å². The highest BCUT2D eigenvalue weighted by atomic mass is 16.6. The van der Waals surface area contributed by atoms with Gasteiger partial charge in [-0.3, -0.25) is 10.1 Å². The minimum absolute atomic E-state index is 0.0163. The van der Waals surface area contributed by atoms with Crippen LogP contribution in [-0.4, -0.2) is 24.7 Å². The van der Waals surface area contributed by atoms with E-state index in [1.165, 1.54) is 12.1 Å². The topological polar surface area (TPSA) is 90.4 Å². The Hall–Kier alpha value is -1.82. The van der Waals surface area contributed by atoms with Gasteiger partial charge in [-0.1, -0.05) is 13.8 Å². The molecule has 0 aliphatic heterocycles. The maximum Gasteiger partial charge on any atom is 0.273 e. The molecule has 0 bridgehead atoms.